The summed E-state index contributed by atoms with van der Waals surface area (Å²) in [7, 11) is 1.99. The van der Waals surface area contributed by atoms with Gasteiger partial charge in [-0.05, 0) is 37.2 Å². The molecule has 0 bridgehead atoms. The largest absolute Gasteiger partial charge is 0.418 e. The Labute approximate surface area is 140 Å². The Balaban J connectivity index is 1.99. The number of halogens is 3. The van der Waals surface area contributed by atoms with Crippen molar-refractivity contribution in [2.45, 2.75) is 13.1 Å². The Morgan fingerprint density at radius 1 is 0.833 bits per heavy atom. The summed E-state index contributed by atoms with van der Waals surface area (Å²) in [6.45, 7) is 4.74. The molecule has 0 spiro atoms. The lowest BCUT2D eigenvalue weighted by Gasteiger charge is -2.35. The first-order chi connectivity index (χ1) is 11.3. The zero-order chi connectivity index (χ0) is 17.3. The number of hydrogen-bond acceptors (Lipinski definition) is 2. The fourth-order valence-electron chi connectivity index (χ4n) is 3.01. The van der Waals surface area contributed by atoms with Gasteiger partial charge in [0.25, 0.3) is 0 Å². The van der Waals surface area contributed by atoms with Crippen molar-refractivity contribution in [3.05, 3.63) is 53.6 Å². The second kappa shape index (κ2) is 6.48. The third kappa shape index (κ3) is 3.56. The predicted molar refractivity (Wildman–Crippen MR) is 91.3 cm³/mol. The molecule has 0 radical (unpaired) electrons. The van der Waals surface area contributed by atoms with Gasteiger partial charge in [-0.3, -0.25) is 0 Å². The molecule has 3 rings (SSSR count). The minimum absolute atomic E-state index is 0.284. The van der Waals surface area contributed by atoms with E-state index in [0.717, 1.165) is 24.2 Å². The van der Waals surface area contributed by atoms with E-state index in [4.69, 9.17) is 0 Å². The molecule has 0 aliphatic carbocycles. The first-order valence-electron chi connectivity index (χ1n) is 8.06. The molecular formula is C19H21F3N2. The second-order valence-corrected chi connectivity index (χ2v) is 6.39. The highest BCUT2D eigenvalue weighted by Gasteiger charge is 2.35. The molecule has 0 unspecified atom stereocenters. The maximum Gasteiger partial charge on any atom is 0.418 e. The zero-order valence-corrected chi connectivity index (χ0v) is 13.9. The average Bonchev–Trinajstić information content (AvgIpc) is 2.55. The minimum atomic E-state index is -4.36. The van der Waals surface area contributed by atoms with Crippen molar-refractivity contribution >= 4 is 5.69 Å². The summed E-state index contributed by atoms with van der Waals surface area (Å²) in [5, 5.41) is 0. The van der Waals surface area contributed by atoms with Gasteiger partial charge in [0, 0.05) is 31.9 Å². The molecule has 0 N–H and O–H groups in total. The summed E-state index contributed by atoms with van der Waals surface area (Å²) in [6.07, 6.45) is -4.36. The number of alkyl halides is 3. The van der Waals surface area contributed by atoms with Gasteiger partial charge < -0.3 is 9.80 Å². The Morgan fingerprint density at radius 2 is 1.42 bits per heavy atom. The van der Waals surface area contributed by atoms with E-state index in [0.29, 0.717) is 18.7 Å². The molecule has 1 saturated heterocycles. The van der Waals surface area contributed by atoms with Crippen molar-refractivity contribution in [2.24, 2.45) is 0 Å². The van der Waals surface area contributed by atoms with Crippen molar-refractivity contribution in [3.8, 4) is 11.1 Å². The summed E-state index contributed by atoms with van der Waals surface area (Å²) >= 11 is 0. The number of anilines is 1. The topological polar surface area (TPSA) is 6.48 Å². The Hall–Kier alpha value is -2.01. The van der Waals surface area contributed by atoms with Crippen LogP contribution in [0, 0.1) is 6.92 Å². The number of piperazine rings is 1. The van der Waals surface area contributed by atoms with Gasteiger partial charge in [0.2, 0.25) is 0 Å². The number of nitrogens with zero attached hydrogens (tertiary/aromatic N) is 2. The number of likely N-dealkylation sites (N-methyl/N-ethyl adjacent to an activating group) is 1. The van der Waals surface area contributed by atoms with E-state index in [1.54, 1.807) is 12.1 Å². The average molecular weight is 334 g/mol. The van der Waals surface area contributed by atoms with Crippen LogP contribution >= 0.6 is 0 Å². The molecule has 0 amide bonds. The van der Waals surface area contributed by atoms with E-state index >= 15 is 0 Å². The third-order valence-electron chi connectivity index (χ3n) is 4.53. The van der Waals surface area contributed by atoms with Gasteiger partial charge in [-0.2, -0.15) is 13.2 Å². The summed E-state index contributed by atoms with van der Waals surface area (Å²) < 4.78 is 40.8. The number of benzene rings is 2. The summed E-state index contributed by atoms with van der Waals surface area (Å²) in [5.74, 6) is 0. The van der Waals surface area contributed by atoms with Crippen molar-refractivity contribution in [1.82, 2.24) is 4.90 Å². The molecule has 2 nitrogen and oxygen atoms in total. The maximum absolute atomic E-state index is 13.6. The highest BCUT2D eigenvalue weighted by molar-refractivity contribution is 5.70. The van der Waals surface area contributed by atoms with Crippen molar-refractivity contribution < 1.29 is 13.2 Å². The van der Waals surface area contributed by atoms with Crippen molar-refractivity contribution in [1.29, 1.82) is 0 Å². The lowest BCUT2D eigenvalue weighted by atomic mass is 10.00. The Kier molecular flexibility index (Phi) is 4.54. The molecule has 128 valence electrons. The first-order valence-corrected chi connectivity index (χ1v) is 8.06. The smallest absolute Gasteiger partial charge is 0.368 e. The van der Waals surface area contributed by atoms with Gasteiger partial charge in [0.15, 0.2) is 0 Å². The molecule has 0 atom stereocenters. The third-order valence-corrected chi connectivity index (χ3v) is 4.53. The fraction of sp³-hybridized carbons (Fsp3) is 0.368. The highest BCUT2D eigenvalue weighted by atomic mass is 19.4. The van der Waals surface area contributed by atoms with Crippen LogP contribution in [0.25, 0.3) is 11.1 Å². The van der Waals surface area contributed by atoms with Crippen LogP contribution in [0.5, 0.6) is 0 Å². The van der Waals surface area contributed by atoms with Crippen LogP contribution in [0.2, 0.25) is 0 Å². The van der Waals surface area contributed by atoms with E-state index in [9.17, 15) is 13.2 Å². The normalized spacial score (nSPS) is 16.5. The SMILES string of the molecule is Cc1ccc(-c2ccc(N3CCN(C)CC3)c(C(F)(F)F)c2)cc1. The lowest BCUT2D eigenvalue weighted by molar-refractivity contribution is -0.137. The quantitative estimate of drug-likeness (QED) is 0.801. The lowest BCUT2D eigenvalue weighted by Crippen LogP contribution is -2.45. The molecule has 2 aromatic carbocycles. The molecular weight excluding hydrogens is 313 g/mol. The monoisotopic (exact) mass is 334 g/mol. The summed E-state index contributed by atoms with van der Waals surface area (Å²) in [5.41, 5.74) is 2.22. The number of rotatable bonds is 2. The molecule has 2 aromatic rings. The van der Waals surface area contributed by atoms with Gasteiger partial charge in [-0.15, -0.1) is 0 Å². The fourth-order valence-corrected chi connectivity index (χ4v) is 3.01. The first kappa shape index (κ1) is 16.8. The van der Waals surface area contributed by atoms with E-state index in [1.165, 1.54) is 6.07 Å². The summed E-state index contributed by atoms with van der Waals surface area (Å²) in [4.78, 5) is 3.96. The van der Waals surface area contributed by atoms with Crippen LogP contribution in [0.4, 0.5) is 18.9 Å². The maximum atomic E-state index is 13.6. The number of hydrogen-bond donors (Lipinski definition) is 0. The standard InChI is InChI=1S/C19H21F3N2/c1-14-3-5-15(6-4-14)16-7-8-18(17(13-16)19(20,21)22)24-11-9-23(2)10-12-24/h3-8,13H,9-12H2,1-2H3. The minimum Gasteiger partial charge on any atom is -0.368 e. The van der Waals surface area contributed by atoms with Crippen molar-refractivity contribution in [2.75, 3.05) is 38.1 Å². The second-order valence-electron chi connectivity index (χ2n) is 6.39. The van der Waals surface area contributed by atoms with Crippen LogP contribution < -0.4 is 4.90 Å². The Morgan fingerprint density at radius 3 is 2.00 bits per heavy atom. The van der Waals surface area contributed by atoms with Crippen LogP contribution in [0.15, 0.2) is 42.5 Å². The van der Waals surface area contributed by atoms with Gasteiger partial charge in [0.1, 0.15) is 0 Å². The van der Waals surface area contributed by atoms with Gasteiger partial charge >= 0.3 is 6.18 Å². The molecule has 0 saturated carbocycles. The van der Waals surface area contributed by atoms with E-state index in [1.807, 2.05) is 43.1 Å². The highest BCUT2D eigenvalue weighted by Crippen LogP contribution is 2.39. The van der Waals surface area contributed by atoms with E-state index in [-0.39, 0.29) is 5.69 Å². The van der Waals surface area contributed by atoms with E-state index in [2.05, 4.69) is 4.90 Å². The molecule has 5 heteroatoms. The molecule has 1 aliphatic rings. The Bertz CT molecular complexity index is 700. The van der Waals surface area contributed by atoms with Gasteiger partial charge in [-0.25, -0.2) is 0 Å². The zero-order valence-electron chi connectivity index (χ0n) is 13.9. The molecule has 1 aliphatic heterocycles. The van der Waals surface area contributed by atoms with Gasteiger partial charge in [0.05, 0.1) is 5.56 Å². The molecule has 24 heavy (non-hydrogen) atoms. The molecule has 1 heterocycles. The van der Waals surface area contributed by atoms with Crippen LogP contribution in [-0.2, 0) is 6.18 Å². The van der Waals surface area contributed by atoms with Crippen LogP contribution in [0.3, 0.4) is 0 Å². The number of aryl methyl sites for hydroxylation is 1. The molecule has 1 fully saturated rings. The predicted octanol–water partition coefficient (Wildman–Crippen LogP) is 4.43. The van der Waals surface area contributed by atoms with Crippen LogP contribution in [-0.4, -0.2) is 38.1 Å². The van der Waals surface area contributed by atoms with Gasteiger partial charge in [-0.1, -0.05) is 35.9 Å². The van der Waals surface area contributed by atoms with E-state index < -0.39 is 11.7 Å². The molecule has 0 aromatic heterocycles. The summed E-state index contributed by atoms with van der Waals surface area (Å²) in [6, 6.07) is 12.2. The van der Waals surface area contributed by atoms with Crippen LogP contribution in [0.1, 0.15) is 11.1 Å². The van der Waals surface area contributed by atoms with Crippen molar-refractivity contribution in [3.63, 3.8) is 0 Å².